The van der Waals surface area contributed by atoms with Crippen LogP contribution in [0.5, 0.6) is 0 Å². The number of nitrogens with one attached hydrogen (secondary N) is 1. The molecule has 4 nitrogen and oxygen atoms in total. The van der Waals surface area contributed by atoms with Gasteiger partial charge in [-0.1, -0.05) is 23.2 Å². The Morgan fingerprint density at radius 2 is 2.23 bits per heavy atom. The summed E-state index contributed by atoms with van der Waals surface area (Å²) in [6.45, 7) is 5.31. The fourth-order valence-corrected chi connectivity index (χ4v) is 3.12. The standard InChI is InChI=1S/C17H19ClN2O2/c1-10-6-11(2)15-12(7-10)8-14(16(18)20-15)17(21)19-9-13-4-3-5-22-13/h6-8,13H,3-5,9H2,1-2H3,(H,19,21). The third-order valence-corrected chi connectivity index (χ3v) is 4.25. The zero-order valence-electron chi connectivity index (χ0n) is 12.8. The zero-order valence-corrected chi connectivity index (χ0v) is 13.5. The molecular formula is C17H19ClN2O2. The van der Waals surface area contributed by atoms with E-state index < -0.39 is 0 Å². The molecule has 0 aliphatic carbocycles. The Labute approximate surface area is 134 Å². The maximum Gasteiger partial charge on any atom is 0.254 e. The maximum atomic E-state index is 12.3. The van der Waals surface area contributed by atoms with E-state index in [0.717, 1.165) is 41.5 Å². The SMILES string of the molecule is Cc1cc(C)c2nc(Cl)c(C(=O)NCC3CCCO3)cc2c1. The molecule has 1 atom stereocenters. The normalized spacial score (nSPS) is 17.9. The summed E-state index contributed by atoms with van der Waals surface area (Å²) in [5.74, 6) is -0.200. The average Bonchev–Trinajstić information content (AvgIpc) is 2.98. The number of halogens is 1. The van der Waals surface area contributed by atoms with E-state index in [1.54, 1.807) is 0 Å². The van der Waals surface area contributed by atoms with Crippen molar-refractivity contribution in [3.05, 3.63) is 40.0 Å². The number of hydrogen-bond acceptors (Lipinski definition) is 3. The number of carbonyl (C=O) groups excluding carboxylic acids is 1. The molecule has 2 aromatic rings. The van der Waals surface area contributed by atoms with Crippen LogP contribution >= 0.6 is 11.6 Å². The van der Waals surface area contributed by atoms with Crippen LogP contribution in [-0.4, -0.2) is 30.1 Å². The number of amides is 1. The fraction of sp³-hybridized carbons (Fsp3) is 0.412. The summed E-state index contributed by atoms with van der Waals surface area (Å²) in [6.07, 6.45) is 2.15. The van der Waals surface area contributed by atoms with E-state index in [2.05, 4.69) is 16.4 Å². The van der Waals surface area contributed by atoms with Crippen molar-refractivity contribution in [1.29, 1.82) is 0 Å². The average molecular weight is 319 g/mol. The van der Waals surface area contributed by atoms with Gasteiger partial charge in [0, 0.05) is 18.5 Å². The number of aromatic nitrogens is 1. The number of pyridine rings is 1. The first kappa shape index (κ1) is 15.3. The van der Waals surface area contributed by atoms with E-state index in [0.29, 0.717) is 12.1 Å². The summed E-state index contributed by atoms with van der Waals surface area (Å²) in [4.78, 5) is 16.7. The maximum absolute atomic E-state index is 12.3. The lowest BCUT2D eigenvalue weighted by Crippen LogP contribution is -2.32. The van der Waals surface area contributed by atoms with Gasteiger partial charge in [0.05, 0.1) is 17.2 Å². The number of fused-ring (bicyclic) bond motifs is 1. The number of benzene rings is 1. The van der Waals surface area contributed by atoms with Crippen molar-refractivity contribution >= 4 is 28.4 Å². The molecule has 0 radical (unpaired) electrons. The highest BCUT2D eigenvalue weighted by molar-refractivity contribution is 6.33. The topological polar surface area (TPSA) is 51.2 Å². The minimum atomic E-state index is -0.200. The van der Waals surface area contributed by atoms with E-state index in [-0.39, 0.29) is 17.2 Å². The quantitative estimate of drug-likeness (QED) is 0.882. The van der Waals surface area contributed by atoms with Crippen molar-refractivity contribution < 1.29 is 9.53 Å². The molecule has 1 aromatic heterocycles. The van der Waals surface area contributed by atoms with Gasteiger partial charge in [0.1, 0.15) is 5.15 Å². The molecule has 22 heavy (non-hydrogen) atoms. The Morgan fingerprint density at radius 3 is 2.95 bits per heavy atom. The summed E-state index contributed by atoms with van der Waals surface area (Å²) in [5, 5.41) is 4.06. The lowest BCUT2D eigenvalue weighted by atomic mass is 10.1. The minimum absolute atomic E-state index is 0.112. The molecule has 1 saturated heterocycles. The predicted octanol–water partition coefficient (Wildman–Crippen LogP) is 3.41. The first-order valence-corrected chi connectivity index (χ1v) is 7.89. The van der Waals surface area contributed by atoms with Gasteiger partial charge in [0.25, 0.3) is 5.91 Å². The van der Waals surface area contributed by atoms with Crippen LogP contribution in [0, 0.1) is 13.8 Å². The van der Waals surface area contributed by atoms with Gasteiger partial charge in [-0.25, -0.2) is 4.98 Å². The van der Waals surface area contributed by atoms with Crippen LogP contribution in [0.25, 0.3) is 10.9 Å². The Kier molecular flexibility index (Phi) is 4.32. The van der Waals surface area contributed by atoms with Gasteiger partial charge in [-0.3, -0.25) is 4.79 Å². The summed E-state index contributed by atoms with van der Waals surface area (Å²) < 4.78 is 5.51. The third kappa shape index (κ3) is 3.08. The largest absolute Gasteiger partial charge is 0.376 e. The van der Waals surface area contributed by atoms with Crippen molar-refractivity contribution in [2.75, 3.05) is 13.2 Å². The van der Waals surface area contributed by atoms with Gasteiger partial charge >= 0.3 is 0 Å². The predicted molar refractivity (Wildman–Crippen MR) is 87.5 cm³/mol. The number of hydrogen-bond donors (Lipinski definition) is 1. The van der Waals surface area contributed by atoms with Gasteiger partial charge in [-0.2, -0.15) is 0 Å². The lowest BCUT2D eigenvalue weighted by molar-refractivity contribution is 0.0857. The highest BCUT2D eigenvalue weighted by atomic mass is 35.5. The highest BCUT2D eigenvalue weighted by Crippen LogP contribution is 2.24. The summed E-state index contributed by atoms with van der Waals surface area (Å²) in [6, 6.07) is 5.89. The molecule has 1 aliphatic rings. The van der Waals surface area contributed by atoms with Crippen molar-refractivity contribution in [3.63, 3.8) is 0 Å². The number of aryl methyl sites for hydroxylation is 2. The molecule has 1 N–H and O–H groups in total. The summed E-state index contributed by atoms with van der Waals surface area (Å²) in [5.41, 5.74) is 3.45. The molecule has 0 bridgehead atoms. The molecule has 0 saturated carbocycles. The van der Waals surface area contributed by atoms with Crippen LogP contribution in [0.15, 0.2) is 18.2 Å². The molecule has 3 rings (SSSR count). The Morgan fingerprint density at radius 1 is 1.41 bits per heavy atom. The van der Waals surface area contributed by atoms with Crippen LogP contribution < -0.4 is 5.32 Å². The summed E-state index contributed by atoms with van der Waals surface area (Å²) in [7, 11) is 0. The zero-order chi connectivity index (χ0) is 15.7. The molecule has 5 heteroatoms. The van der Waals surface area contributed by atoms with Crippen molar-refractivity contribution in [1.82, 2.24) is 10.3 Å². The number of carbonyl (C=O) groups is 1. The Bertz CT molecular complexity index is 724. The first-order valence-electron chi connectivity index (χ1n) is 7.52. The third-order valence-electron chi connectivity index (χ3n) is 3.97. The molecular weight excluding hydrogens is 300 g/mol. The molecule has 1 unspecified atom stereocenters. The first-order chi connectivity index (χ1) is 10.5. The number of rotatable bonds is 3. The molecule has 1 aromatic carbocycles. The van der Waals surface area contributed by atoms with Gasteiger partial charge in [-0.05, 0) is 44.4 Å². The molecule has 116 valence electrons. The number of ether oxygens (including phenoxy) is 1. The van der Waals surface area contributed by atoms with E-state index in [1.165, 1.54) is 0 Å². The molecule has 1 amide bonds. The van der Waals surface area contributed by atoms with Crippen molar-refractivity contribution in [2.24, 2.45) is 0 Å². The highest BCUT2D eigenvalue weighted by Gasteiger charge is 2.19. The minimum Gasteiger partial charge on any atom is -0.376 e. The Balaban J connectivity index is 1.86. The van der Waals surface area contributed by atoms with E-state index in [4.69, 9.17) is 16.3 Å². The second kappa shape index (κ2) is 6.23. The molecule has 1 aliphatic heterocycles. The van der Waals surface area contributed by atoms with E-state index in [9.17, 15) is 4.79 Å². The Hall–Kier alpha value is -1.65. The van der Waals surface area contributed by atoms with E-state index in [1.807, 2.05) is 26.0 Å². The fourth-order valence-electron chi connectivity index (χ4n) is 2.90. The van der Waals surface area contributed by atoms with Crippen LogP contribution in [0.1, 0.15) is 34.3 Å². The van der Waals surface area contributed by atoms with Gasteiger partial charge in [-0.15, -0.1) is 0 Å². The number of nitrogens with zero attached hydrogens (tertiary/aromatic N) is 1. The van der Waals surface area contributed by atoms with Crippen LogP contribution in [0.3, 0.4) is 0 Å². The smallest absolute Gasteiger partial charge is 0.254 e. The second-order valence-electron chi connectivity index (χ2n) is 5.83. The van der Waals surface area contributed by atoms with Crippen LogP contribution in [-0.2, 0) is 4.74 Å². The second-order valence-corrected chi connectivity index (χ2v) is 6.18. The lowest BCUT2D eigenvalue weighted by Gasteiger charge is -2.12. The monoisotopic (exact) mass is 318 g/mol. The van der Waals surface area contributed by atoms with Gasteiger partial charge < -0.3 is 10.1 Å². The van der Waals surface area contributed by atoms with Crippen LogP contribution in [0.2, 0.25) is 5.15 Å². The van der Waals surface area contributed by atoms with Gasteiger partial charge in [0.2, 0.25) is 0 Å². The summed E-state index contributed by atoms with van der Waals surface area (Å²) >= 11 is 6.20. The van der Waals surface area contributed by atoms with Crippen LogP contribution in [0.4, 0.5) is 0 Å². The van der Waals surface area contributed by atoms with Crippen molar-refractivity contribution in [2.45, 2.75) is 32.8 Å². The van der Waals surface area contributed by atoms with E-state index >= 15 is 0 Å². The molecule has 1 fully saturated rings. The van der Waals surface area contributed by atoms with Crippen molar-refractivity contribution in [3.8, 4) is 0 Å². The molecule has 2 heterocycles. The molecule has 0 spiro atoms. The van der Waals surface area contributed by atoms with Gasteiger partial charge in [0.15, 0.2) is 0 Å².